The second kappa shape index (κ2) is 7.21. The van der Waals surface area contributed by atoms with Crippen molar-refractivity contribution in [1.82, 2.24) is 5.32 Å². The molecule has 1 amide bonds. The second-order valence-corrected chi connectivity index (χ2v) is 4.52. The number of ether oxygens (including phenoxy) is 1. The van der Waals surface area contributed by atoms with Gasteiger partial charge in [0.15, 0.2) is 11.6 Å². The van der Waals surface area contributed by atoms with Crippen molar-refractivity contribution < 1.29 is 13.9 Å². The second-order valence-electron chi connectivity index (χ2n) is 3.90. The van der Waals surface area contributed by atoms with Crippen LogP contribution in [0.25, 0.3) is 0 Å². The summed E-state index contributed by atoms with van der Waals surface area (Å²) in [7, 11) is 1.36. The zero-order chi connectivity index (χ0) is 13.5. The number of amides is 1. The molecule has 0 aromatic heterocycles. The summed E-state index contributed by atoms with van der Waals surface area (Å²) in [4.78, 5) is 11.8. The number of alkyl halides is 1. The van der Waals surface area contributed by atoms with Crippen molar-refractivity contribution in [3.05, 3.63) is 29.6 Å². The molecule has 0 spiro atoms. The molecule has 1 aromatic rings. The molecule has 0 bridgehead atoms. The fourth-order valence-electron chi connectivity index (χ4n) is 1.45. The third-order valence-electron chi connectivity index (χ3n) is 2.60. The Hall–Kier alpha value is -1.29. The largest absolute Gasteiger partial charge is 0.494 e. The van der Waals surface area contributed by atoms with E-state index in [-0.39, 0.29) is 17.0 Å². The van der Waals surface area contributed by atoms with Crippen molar-refractivity contribution in [3.8, 4) is 5.75 Å². The molecule has 3 nitrogen and oxygen atoms in total. The molecule has 0 heterocycles. The van der Waals surface area contributed by atoms with E-state index in [1.165, 1.54) is 25.3 Å². The first-order valence-electron chi connectivity index (χ1n) is 5.84. The van der Waals surface area contributed by atoms with Crippen LogP contribution in [-0.2, 0) is 0 Å². The monoisotopic (exact) mass is 273 g/mol. The lowest BCUT2D eigenvalue weighted by Gasteiger charge is -2.09. The van der Waals surface area contributed by atoms with Crippen molar-refractivity contribution in [2.24, 2.45) is 0 Å². The summed E-state index contributed by atoms with van der Waals surface area (Å²) in [5.41, 5.74) is 0.371. The van der Waals surface area contributed by atoms with Gasteiger partial charge >= 0.3 is 0 Å². The third kappa shape index (κ3) is 4.18. The maximum absolute atomic E-state index is 13.2. The molecule has 1 aromatic carbocycles. The van der Waals surface area contributed by atoms with Crippen molar-refractivity contribution in [2.75, 3.05) is 13.7 Å². The Kier molecular flexibility index (Phi) is 5.92. The summed E-state index contributed by atoms with van der Waals surface area (Å²) in [5.74, 6) is -0.680. The van der Waals surface area contributed by atoms with E-state index in [0.29, 0.717) is 18.5 Å². The van der Waals surface area contributed by atoms with Crippen molar-refractivity contribution >= 4 is 17.5 Å². The molecular formula is C13H17ClFNO2. The zero-order valence-electron chi connectivity index (χ0n) is 10.5. The van der Waals surface area contributed by atoms with Gasteiger partial charge in [-0.2, -0.15) is 0 Å². The Bertz CT molecular complexity index is 412. The minimum atomic E-state index is -0.485. The number of hydrogen-bond acceptors (Lipinski definition) is 2. The average molecular weight is 274 g/mol. The molecule has 0 aliphatic heterocycles. The SMILES string of the molecule is CCC(Cl)CCNC(=O)c1ccc(F)c(OC)c1. The summed E-state index contributed by atoms with van der Waals surface area (Å²) < 4.78 is 18.0. The highest BCUT2D eigenvalue weighted by Gasteiger charge is 2.10. The molecule has 1 rings (SSSR count). The molecule has 0 radical (unpaired) electrons. The molecule has 18 heavy (non-hydrogen) atoms. The van der Waals surface area contributed by atoms with E-state index >= 15 is 0 Å². The van der Waals surface area contributed by atoms with Crippen LogP contribution in [0.1, 0.15) is 30.1 Å². The van der Waals surface area contributed by atoms with Gasteiger partial charge in [0.1, 0.15) is 0 Å². The van der Waals surface area contributed by atoms with Gasteiger partial charge in [-0.05, 0) is 31.0 Å². The maximum Gasteiger partial charge on any atom is 0.251 e. The van der Waals surface area contributed by atoms with Gasteiger partial charge in [0, 0.05) is 17.5 Å². The normalized spacial score (nSPS) is 12.0. The molecule has 1 atom stereocenters. The van der Waals surface area contributed by atoms with Gasteiger partial charge in [0.2, 0.25) is 0 Å². The van der Waals surface area contributed by atoms with E-state index < -0.39 is 5.82 Å². The van der Waals surface area contributed by atoms with Gasteiger partial charge < -0.3 is 10.1 Å². The van der Waals surface area contributed by atoms with E-state index in [1.807, 2.05) is 6.92 Å². The van der Waals surface area contributed by atoms with Gasteiger partial charge in [-0.1, -0.05) is 6.92 Å². The molecule has 0 aliphatic rings. The highest BCUT2D eigenvalue weighted by Crippen LogP contribution is 2.18. The molecule has 0 aliphatic carbocycles. The van der Waals surface area contributed by atoms with Gasteiger partial charge in [0.05, 0.1) is 7.11 Å². The first-order chi connectivity index (χ1) is 8.58. The minimum Gasteiger partial charge on any atom is -0.494 e. The molecular weight excluding hydrogens is 257 g/mol. The summed E-state index contributed by atoms with van der Waals surface area (Å²) in [5, 5.41) is 2.80. The Morgan fingerprint density at radius 3 is 2.89 bits per heavy atom. The Morgan fingerprint density at radius 1 is 1.56 bits per heavy atom. The van der Waals surface area contributed by atoms with Crippen LogP contribution >= 0.6 is 11.6 Å². The lowest BCUT2D eigenvalue weighted by Crippen LogP contribution is -2.26. The Morgan fingerprint density at radius 2 is 2.28 bits per heavy atom. The van der Waals surface area contributed by atoms with E-state index in [1.54, 1.807) is 0 Å². The molecule has 0 saturated heterocycles. The fraction of sp³-hybridized carbons (Fsp3) is 0.462. The van der Waals surface area contributed by atoms with Crippen LogP contribution in [0.4, 0.5) is 4.39 Å². The molecule has 1 N–H and O–H groups in total. The summed E-state index contributed by atoms with van der Waals surface area (Å²) in [6.07, 6.45) is 1.57. The number of carbonyl (C=O) groups excluding carboxylic acids is 1. The zero-order valence-corrected chi connectivity index (χ0v) is 11.3. The lowest BCUT2D eigenvalue weighted by molar-refractivity contribution is 0.0952. The molecule has 1 unspecified atom stereocenters. The number of methoxy groups -OCH3 is 1. The number of benzene rings is 1. The van der Waals surface area contributed by atoms with E-state index in [9.17, 15) is 9.18 Å². The van der Waals surface area contributed by atoms with Gasteiger partial charge in [-0.3, -0.25) is 4.79 Å². The van der Waals surface area contributed by atoms with Crippen molar-refractivity contribution in [2.45, 2.75) is 25.1 Å². The van der Waals surface area contributed by atoms with Crippen LogP contribution in [-0.4, -0.2) is 24.9 Å². The van der Waals surface area contributed by atoms with Crippen LogP contribution in [0.3, 0.4) is 0 Å². The number of hydrogen-bond donors (Lipinski definition) is 1. The first kappa shape index (κ1) is 14.8. The van der Waals surface area contributed by atoms with Crippen LogP contribution in [0, 0.1) is 5.82 Å². The van der Waals surface area contributed by atoms with Gasteiger partial charge in [0.25, 0.3) is 5.91 Å². The smallest absolute Gasteiger partial charge is 0.251 e. The number of halogens is 2. The third-order valence-corrected chi connectivity index (χ3v) is 3.13. The standard InChI is InChI=1S/C13H17ClFNO2/c1-3-10(14)6-7-16-13(17)9-4-5-11(15)12(8-9)18-2/h4-5,8,10H,3,6-7H2,1-2H3,(H,16,17). The molecule has 100 valence electrons. The summed E-state index contributed by atoms with van der Waals surface area (Å²) in [6, 6.07) is 4.01. The predicted molar refractivity (Wildman–Crippen MR) is 69.8 cm³/mol. The van der Waals surface area contributed by atoms with Crippen molar-refractivity contribution in [3.63, 3.8) is 0 Å². The molecule has 0 fully saturated rings. The van der Waals surface area contributed by atoms with Gasteiger partial charge in [-0.25, -0.2) is 4.39 Å². The maximum atomic E-state index is 13.2. The highest BCUT2D eigenvalue weighted by atomic mass is 35.5. The molecule has 5 heteroatoms. The highest BCUT2D eigenvalue weighted by molar-refractivity contribution is 6.20. The minimum absolute atomic E-state index is 0.0615. The topological polar surface area (TPSA) is 38.3 Å². The van der Waals surface area contributed by atoms with E-state index in [2.05, 4.69) is 5.32 Å². The van der Waals surface area contributed by atoms with Crippen molar-refractivity contribution in [1.29, 1.82) is 0 Å². The Balaban J connectivity index is 2.56. The number of nitrogens with one attached hydrogen (secondary N) is 1. The number of carbonyl (C=O) groups is 1. The Labute approximate surface area is 111 Å². The fourth-order valence-corrected chi connectivity index (χ4v) is 1.56. The van der Waals surface area contributed by atoms with Gasteiger partial charge in [-0.15, -0.1) is 11.6 Å². The predicted octanol–water partition coefficient (Wildman–Crippen LogP) is 2.97. The van der Waals surface area contributed by atoms with Crippen LogP contribution in [0.15, 0.2) is 18.2 Å². The van der Waals surface area contributed by atoms with E-state index in [4.69, 9.17) is 16.3 Å². The quantitative estimate of drug-likeness (QED) is 0.809. The summed E-state index contributed by atoms with van der Waals surface area (Å²) in [6.45, 7) is 2.49. The van der Waals surface area contributed by atoms with Crippen LogP contribution in [0.5, 0.6) is 5.75 Å². The van der Waals surface area contributed by atoms with E-state index in [0.717, 1.165) is 6.42 Å². The average Bonchev–Trinajstić information content (AvgIpc) is 2.38. The molecule has 0 saturated carbocycles. The van der Waals surface area contributed by atoms with Crippen LogP contribution in [0.2, 0.25) is 0 Å². The summed E-state index contributed by atoms with van der Waals surface area (Å²) >= 11 is 5.94. The van der Waals surface area contributed by atoms with Crippen LogP contribution < -0.4 is 10.1 Å². The number of rotatable bonds is 6. The lowest BCUT2D eigenvalue weighted by atomic mass is 10.2. The first-order valence-corrected chi connectivity index (χ1v) is 6.28.